The zero-order chi connectivity index (χ0) is 13.8. The second-order valence-corrected chi connectivity index (χ2v) is 5.34. The Hall–Kier alpha value is -1.45. The van der Waals surface area contributed by atoms with Gasteiger partial charge >= 0.3 is 0 Å². The lowest BCUT2D eigenvalue weighted by Crippen LogP contribution is -2.26. The second-order valence-electron chi connectivity index (χ2n) is 5.34. The van der Waals surface area contributed by atoms with Gasteiger partial charge in [-0.25, -0.2) is 4.39 Å². The Morgan fingerprint density at radius 1 is 1.32 bits per heavy atom. The molecule has 0 heterocycles. The number of nitrogens with one attached hydrogen (secondary N) is 1. The van der Waals surface area contributed by atoms with Gasteiger partial charge in [-0.3, -0.25) is 0 Å². The van der Waals surface area contributed by atoms with Gasteiger partial charge in [-0.15, -0.1) is 0 Å². The van der Waals surface area contributed by atoms with E-state index < -0.39 is 0 Å². The molecule has 0 atom stereocenters. The first-order chi connectivity index (χ1) is 9.13. The van der Waals surface area contributed by atoms with E-state index in [4.69, 9.17) is 10.5 Å². The highest BCUT2D eigenvalue weighted by Gasteiger charge is 2.21. The third-order valence-electron chi connectivity index (χ3n) is 4.10. The average molecular weight is 266 g/mol. The minimum atomic E-state index is -0.309. The molecule has 0 radical (unpaired) electrons. The van der Waals surface area contributed by atoms with Crippen LogP contribution in [0.1, 0.15) is 39.0 Å². The first-order valence-electron chi connectivity index (χ1n) is 7.03. The molecule has 0 bridgehead atoms. The lowest BCUT2D eigenvalue weighted by atomic mass is 9.84. The number of benzene rings is 1. The van der Waals surface area contributed by atoms with Crippen LogP contribution in [0.5, 0.6) is 5.75 Å². The molecule has 3 nitrogen and oxygen atoms in total. The Balaban J connectivity index is 2.03. The van der Waals surface area contributed by atoms with Crippen LogP contribution in [0, 0.1) is 11.7 Å². The number of nitrogens with two attached hydrogens (primary N) is 1. The van der Waals surface area contributed by atoms with Crippen LogP contribution in [0.3, 0.4) is 0 Å². The Labute approximate surface area is 114 Å². The molecule has 3 N–H and O–H groups in total. The lowest BCUT2D eigenvalue weighted by molar-refractivity contribution is 0.329. The van der Waals surface area contributed by atoms with Gasteiger partial charge in [0, 0.05) is 18.2 Å². The van der Waals surface area contributed by atoms with Crippen molar-refractivity contribution in [2.24, 2.45) is 5.92 Å². The fraction of sp³-hybridized carbons (Fsp3) is 0.600. The maximum absolute atomic E-state index is 13.9. The summed E-state index contributed by atoms with van der Waals surface area (Å²) >= 11 is 0. The highest BCUT2D eigenvalue weighted by Crippen LogP contribution is 2.32. The molecule has 0 unspecified atom stereocenters. The number of hydrogen-bond donors (Lipinski definition) is 2. The van der Waals surface area contributed by atoms with Crippen molar-refractivity contribution < 1.29 is 9.13 Å². The number of methoxy groups -OCH3 is 1. The SMILES string of the molecule is CCC1CCC(Nc2cc(OC)c(N)cc2F)CC1. The minimum Gasteiger partial charge on any atom is -0.495 e. The summed E-state index contributed by atoms with van der Waals surface area (Å²) in [6.07, 6.45) is 5.90. The molecule has 0 aliphatic heterocycles. The van der Waals surface area contributed by atoms with E-state index in [1.165, 1.54) is 25.3 Å². The molecule has 4 heteroatoms. The van der Waals surface area contributed by atoms with Crippen molar-refractivity contribution in [2.75, 3.05) is 18.2 Å². The summed E-state index contributed by atoms with van der Waals surface area (Å²) in [5, 5.41) is 3.29. The molecule has 1 aromatic carbocycles. The highest BCUT2D eigenvalue weighted by atomic mass is 19.1. The summed E-state index contributed by atoms with van der Waals surface area (Å²) in [7, 11) is 1.54. The maximum Gasteiger partial charge on any atom is 0.148 e. The van der Waals surface area contributed by atoms with Crippen molar-refractivity contribution in [3.63, 3.8) is 0 Å². The van der Waals surface area contributed by atoms with Crippen LogP contribution in [-0.2, 0) is 0 Å². The van der Waals surface area contributed by atoms with Crippen molar-refractivity contribution >= 4 is 11.4 Å². The molecule has 1 aromatic rings. The zero-order valence-electron chi connectivity index (χ0n) is 11.7. The summed E-state index contributed by atoms with van der Waals surface area (Å²) in [6.45, 7) is 2.24. The second kappa shape index (κ2) is 6.13. The Kier molecular flexibility index (Phi) is 4.51. The van der Waals surface area contributed by atoms with Gasteiger partial charge in [-0.05, 0) is 31.6 Å². The summed E-state index contributed by atoms with van der Waals surface area (Å²) in [5.74, 6) is 1.05. The van der Waals surface area contributed by atoms with E-state index >= 15 is 0 Å². The largest absolute Gasteiger partial charge is 0.495 e. The van der Waals surface area contributed by atoms with Crippen LogP contribution in [0.25, 0.3) is 0 Å². The van der Waals surface area contributed by atoms with Crippen LogP contribution < -0.4 is 15.8 Å². The molecular weight excluding hydrogens is 243 g/mol. The summed E-state index contributed by atoms with van der Waals surface area (Å²) in [6, 6.07) is 3.32. The first-order valence-corrected chi connectivity index (χ1v) is 7.03. The summed E-state index contributed by atoms with van der Waals surface area (Å²) in [5.41, 5.74) is 6.50. The van der Waals surface area contributed by atoms with E-state index in [-0.39, 0.29) is 5.82 Å². The molecule has 19 heavy (non-hydrogen) atoms. The minimum absolute atomic E-state index is 0.309. The number of nitrogen functional groups attached to an aromatic ring is 1. The zero-order valence-corrected chi connectivity index (χ0v) is 11.7. The van der Waals surface area contributed by atoms with Crippen molar-refractivity contribution in [1.82, 2.24) is 0 Å². The normalized spacial score (nSPS) is 23.1. The van der Waals surface area contributed by atoms with E-state index in [0.717, 1.165) is 18.8 Å². The predicted octanol–water partition coefficient (Wildman–Crippen LogP) is 3.80. The van der Waals surface area contributed by atoms with E-state index in [1.807, 2.05) is 0 Å². The molecule has 0 saturated heterocycles. The molecule has 1 saturated carbocycles. The molecule has 0 aromatic heterocycles. The monoisotopic (exact) mass is 266 g/mol. The van der Waals surface area contributed by atoms with Crippen LogP contribution in [0.2, 0.25) is 0 Å². The van der Waals surface area contributed by atoms with Crippen LogP contribution >= 0.6 is 0 Å². The molecule has 106 valence electrons. The highest BCUT2D eigenvalue weighted by molar-refractivity contribution is 5.62. The van der Waals surface area contributed by atoms with Gasteiger partial charge in [0.15, 0.2) is 0 Å². The van der Waals surface area contributed by atoms with E-state index in [0.29, 0.717) is 23.2 Å². The third-order valence-corrected chi connectivity index (χ3v) is 4.10. The quantitative estimate of drug-likeness (QED) is 0.815. The molecule has 0 amide bonds. The van der Waals surface area contributed by atoms with Gasteiger partial charge in [-0.1, -0.05) is 13.3 Å². The molecule has 0 spiro atoms. The smallest absolute Gasteiger partial charge is 0.148 e. The molecular formula is C15H23FN2O. The van der Waals surface area contributed by atoms with Gasteiger partial charge in [0.25, 0.3) is 0 Å². The Morgan fingerprint density at radius 3 is 2.58 bits per heavy atom. The Morgan fingerprint density at radius 2 is 2.00 bits per heavy atom. The van der Waals surface area contributed by atoms with Gasteiger partial charge < -0.3 is 15.8 Å². The van der Waals surface area contributed by atoms with E-state index in [9.17, 15) is 4.39 Å². The van der Waals surface area contributed by atoms with Gasteiger partial charge in [0.05, 0.1) is 18.5 Å². The fourth-order valence-corrected chi connectivity index (χ4v) is 2.79. The molecule has 1 aliphatic carbocycles. The van der Waals surface area contributed by atoms with Crippen molar-refractivity contribution in [2.45, 2.75) is 45.1 Å². The topological polar surface area (TPSA) is 47.3 Å². The van der Waals surface area contributed by atoms with Gasteiger partial charge in [-0.2, -0.15) is 0 Å². The van der Waals surface area contributed by atoms with Crippen LogP contribution in [0.15, 0.2) is 12.1 Å². The summed E-state index contributed by atoms with van der Waals surface area (Å²) < 4.78 is 19.0. The summed E-state index contributed by atoms with van der Waals surface area (Å²) in [4.78, 5) is 0. The van der Waals surface area contributed by atoms with Gasteiger partial charge in [0.1, 0.15) is 11.6 Å². The van der Waals surface area contributed by atoms with E-state index in [1.54, 1.807) is 13.2 Å². The first kappa shape index (κ1) is 14.0. The molecule has 2 rings (SSSR count). The van der Waals surface area contributed by atoms with Crippen molar-refractivity contribution in [3.05, 3.63) is 17.9 Å². The van der Waals surface area contributed by atoms with E-state index in [2.05, 4.69) is 12.2 Å². The number of ether oxygens (including phenoxy) is 1. The predicted molar refractivity (Wildman–Crippen MR) is 77.0 cm³/mol. The average Bonchev–Trinajstić information content (AvgIpc) is 2.42. The Bertz CT molecular complexity index is 428. The van der Waals surface area contributed by atoms with Crippen molar-refractivity contribution in [1.29, 1.82) is 0 Å². The standard InChI is InChI=1S/C15H23FN2O/c1-3-10-4-6-11(7-5-10)18-14-9-15(19-2)13(17)8-12(14)16/h8-11,18H,3-7,17H2,1-2H3. The fourth-order valence-electron chi connectivity index (χ4n) is 2.79. The van der Waals surface area contributed by atoms with Gasteiger partial charge in [0.2, 0.25) is 0 Å². The van der Waals surface area contributed by atoms with Crippen LogP contribution in [-0.4, -0.2) is 13.2 Å². The number of rotatable bonds is 4. The molecule has 1 fully saturated rings. The number of halogens is 1. The number of hydrogen-bond acceptors (Lipinski definition) is 3. The van der Waals surface area contributed by atoms with Crippen molar-refractivity contribution in [3.8, 4) is 5.75 Å². The number of anilines is 2. The maximum atomic E-state index is 13.9. The third kappa shape index (κ3) is 3.31. The molecule has 1 aliphatic rings. The lowest BCUT2D eigenvalue weighted by Gasteiger charge is -2.29. The van der Waals surface area contributed by atoms with Crippen LogP contribution in [0.4, 0.5) is 15.8 Å².